The van der Waals surface area contributed by atoms with Crippen LogP contribution in [0.4, 0.5) is 5.69 Å². The third-order valence-corrected chi connectivity index (χ3v) is 3.37. The molecule has 0 saturated heterocycles. The number of nitro benzene ring substituents is 1. The first-order chi connectivity index (χ1) is 9.47. The molecule has 4 heteroatoms. The van der Waals surface area contributed by atoms with Gasteiger partial charge in [-0.25, -0.2) is 0 Å². The van der Waals surface area contributed by atoms with Crippen molar-refractivity contribution in [3.8, 4) is 0 Å². The summed E-state index contributed by atoms with van der Waals surface area (Å²) < 4.78 is 0. The molecule has 0 heterocycles. The fourth-order valence-electron chi connectivity index (χ4n) is 2.21. The first-order valence-electron chi connectivity index (χ1n) is 6.46. The summed E-state index contributed by atoms with van der Waals surface area (Å²) in [4.78, 5) is 10.2. The molecule has 20 heavy (non-hydrogen) atoms. The average molecular weight is 271 g/mol. The zero-order valence-corrected chi connectivity index (χ0v) is 11.5. The van der Waals surface area contributed by atoms with Crippen LogP contribution in [-0.2, 0) is 6.42 Å². The van der Waals surface area contributed by atoms with Crippen LogP contribution < -0.4 is 0 Å². The van der Waals surface area contributed by atoms with Crippen LogP contribution in [0.2, 0.25) is 0 Å². The molecule has 0 radical (unpaired) electrons. The van der Waals surface area contributed by atoms with E-state index in [4.69, 9.17) is 0 Å². The Morgan fingerprint density at radius 1 is 1.15 bits per heavy atom. The SMILES string of the molecule is Cc1ccc(C)c(C(O)Cc2ccc([N+](=O)[O-])cc2)c1. The van der Waals surface area contributed by atoms with Gasteiger partial charge in [-0.1, -0.05) is 35.9 Å². The molecule has 4 nitrogen and oxygen atoms in total. The molecule has 0 bridgehead atoms. The van der Waals surface area contributed by atoms with Crippen molar-refractivity contribution >= 4 is 5.69 Å². The van der Waals surface area contributed by atoms with Crippen LogP contribution in [0.15, 0.2) is 42.5 Å². The minimum absolute atomic E-state index is 0.0648. The minimum Gasteiger partial charge on any atom is -0.388 e. The van der Waals surface area contributed by atoms with E-state index in [2.05, 4.69) is 0 Å². The molecular formula is C16H17NO3. The molecule has 0 amide bonds. The summed E-state index contributed by atoms with van der Waals surface area (Å²) in [5, 5.41) is 20.9. The zero-order chi connectivity index (χ0) is 14.7. The van der Waals surface area contributed by atoms with Gasteiger partial charge >= 0.3 is 0 Å². The maximum absolute atomic E-state index is 10.6. The van der Waals surface area contributed by atoms with Crippen molar-refractivity contribution in [1.82, 2.24) is 0 Å². The van der Waals surface area contributed by atoms with Gasteiger partial charge in [-0.05, 0) is 30.5 Å². The predicted molar refractivity (Wildman–Crippen MR) is 77.7 cm³/mol. The van der Waals surface area contributed by atoms with E-state index in [1.54, 1.807) is 12.1 Å². The number of aryl methyl sites for hydroxylation is 2. The van der Waals surface area contributed by atoms with Crippen LogP contribution in [0, 0.1) is 24.0 Å². The number of hydrogen-bond donors (Lipinski definition) is 1. The molecule has 104 valence electrons. The zero-order valence-electron chi connectivity index (χ0n) is 11.5. The van der Waals surface area contributed by atoms with Gasteiger partial charge in [0.1, 0.15) is 0 Å². The van der Waals surface area contributed by atoms with Crippen molar-refractivity contribution in [2.45, 2.75) is 26.4 Å². The number of benzene rings is 2. The number of rotatable bonds is 4. The van der Waals surface area contributed by atoms with E-state index >= 15 is 0 Å². The Balaban J connectivity index is 2.16. The molecule has 1 unspecified atom stereocenters. The maximum atomic E-state index is 10.6. The fraction of sp³-hybridized carbons (Fsp3) is 0.250. The normalized spacial score (nSPS) is 12.2. The van der Waals surface area contributed by atoms with Crippen molar-refractivity contribution in [2.75, 3.05) is 0 Å². The van der Waals surface area contributed by atoms with Gasteiger partial charge < -0.3 is 5.11 Å². The van der Waals surface area contributed by atoms with E-state index in [9.17, 15) is 15.2 Å². The molecule has 2 aromatic carbocycles. The number of aliphatic hydroxyl groups excluding tert-OH is 1. The molecule has 1 atom stereocenters. The molecular weight excluding hydrogens is 254 g/mol. The smallest absolute Gasteiger partial charge is 0.269 e. The van der Waals surface area contributed by atoms with Crippen LogP contribution >= 0.6 is 0 Å². The van der Waals surface area contributed by atoms with Gasteiger partial charge in [-0.2, -0.15) is 0 Å². The molecule has 2 rings (SSSR count). The van der Waals surface area contributed by atoms with Gasteiger partial charge in [-0.15, -0.1) is 0 Å². The van der Waals surface area contributed by atoms with Gasteiger partial charge in [0.2, 0.25) is 0 Å². The molecule has 0 aromatic heterocycles. The third-order valence-electron chi connectivity index (χ3n) is 3.37. The lowest BCUT2D eigenvalue weighted by Crippen LogP contribution is -2.04. The summed E-state index contributed by atoms with van der Waals surface area (Å²) in [7, 11) is 0. The van der Waals surface area contributed by atoms with Crippen molar-refractivity contribution in [2.24, 2.45) is 0 Å². The largest absolute Gasteiger partial charge is 0.388 e. The highest BCUT2D eigenvalue weighted by atomic mass is 16.6. The molecule has 2 aromatic rings. The van der Waals surface area contributed by atoms with E-state index < -0.39 is 11.0 Å². The van der Waals surface area contributed by atoms with Crippen LogP contribution in [0.3, 0.4) is 0 Å². The van der Waals surface area contributed by atoms with Crippen LogP contribution in [-0.4, -0.2) is 10.0 Å². The number of nitrogens with zero attached hydrogens (tertiary/aromatic N) is 1. The molecule has 0 aliphatic rings. The Morgan fingerprint density at radius 3 is 2.40 bits per heavy atom. The monoisotopic (exact) mass is 271 g/mol. The quantitative estimate of drug-likeness (QED) is 0.684. The van der Waals surface area contributed by atoms with E-state index in [0.717, 1.165) is 22.3 Å². The molecule has 1 N–H and O–H groups in total. The summed E-state index contributed by atoms with van der Waals surface area (Å²) in [6.07, 6.45) is -0.154. The highest BCUT2D eigenvalue weighted by Gasteiger charge is 2.12. The minimum atomic E-state index is -0.601. The molecule has 0 saturated carbocycles. The van der Waals surface area contributed by atoms with Crippen LogP contribution in [0.1, 0.15) is 28.4 Å². The maximum Gasteiger partial charge on any atom is 0.269 e. The predicted octanol–water partition coefficient (Wildman–Crippen LogP) is 3.49. The summed E-state index contributed by atoms with van der Waals surface area (Å²) in [6.45, 7) is 3.95. The number of non-ortho nitro benzene ring substituents is 1. The van der Waals surface area contributed by atoms with Gasteiger partial charge in [0.05, 0.1) is 11.0 Å². The molecule has 0 fully saturated rings. The van der Waals surface area contributed by atoms with E-state index in [1.807, 2.05) is 32.0 Å². The summed E-state index contributed by atoms with van der Waals surface area (Å²) in [5.41, 5.74) is 4.00. The summed E-state index contributed by atoms with van der Waals surface area (Å²) in [5.74, 6) is 0. The van der Waals surface area contributed by atoms with Gasteiger partial charge in [0.15, 0.2) is 0 Å². The van der Waals surface area contributed by atoms with E-state index in [1.165, 1.54) is 12.1 Å². The summed E-state index contributed by atoms with van der Waals surface area (Å²) >= 11 is 0. The van der Waals surface area contributed by atoms with Crippen LogP contribution in [0.5, 0.6) is 0 Å². The number of hydrogen-bond acceptors (Lipinski definition) is 3. The lowest BCUT2D eigenvalue weighted by molar-refractivity contribution is -0.384. The Labute approximate surface area is 117 Å². The van der Waals surface area contributed by atoms with Crippen LogP contribution in [0.25, 0.3) is 0 Å². The second-order valence-electron chi connectivity index (χ2n) is 5.00. The highest BCUT2D eigenvalue weighted by molar-refractivity contribution is 5.36. The van der Waals surface area contributed by atoms with Crippen molar-refractivity contribution in [3.05, 3.63) is 74.8 Å². The topological polar surface area (TPSA) is 63.4 Å². The second kappa shape index (κ2) is 5.84. The van der Waals surface area contributed by atoms with Crippen molar-refractivity contribution in [1.29, 1.82) is 0 Å². The van der Waals surface area contributed by atoms with Gasteiger partial charge in [0.25, 0.3) is 5.69 Å². The second-order valence-corrected chi connectivity index (χ2v) is 5.00. The van der Waals surface area contributed by atoms with Gasteiger partial charge in [-0.3, -0.25) is 10.1 Å². The molecule has 0 spiro atoms. The Kier molecular flexibility index (Phi) is 4.15. The molecule has 0 aliphatic carbocycles. The van der Waals surface area contributed by atoms with Crippen molar-refractivity contribution < 1.29 is 10.0 Å². The fourth-order valence-corrected chi connectivity index (χ4v) is 2.21. The number of aliphatic hydroxyl groups is 1. The average Bonchev–Trinajstić information content (AvgIpc) is 2.42. The lowest BCUT2D eigenvalue weighted by Gasteiger charge is -2.14. The van der Waals surface area contributed by atoms with Crippen molar-refractivity contribution in [3.63, 3.8) is 0 Å². The molecule has 0 aliphatic heterocycles. The Morgan fingerprint density at radius 2 is 1.80 bits per heavy atom. The third kappa shape index (κ3) is 3.22. The standard InChI is InChI=1S/C16H17NO3/c1-11-3-4-12(2)15(9-11)16(18)10-13-5-7-14(8-6-13)17(19)20/h3-9,16,18H,10H2,1-2H3. The van der Waals surface area contributed by atoms with E-state index in [-0.39, 0.29) is 5.69 Å². The Bertz CT molecular complexity index is 620. The van der Waals surface area contributed by atoms with Gasteiger partial charge in [0, 0.05) is 18.6 Å². The summed E-state index contributed by atoms with van der Waals surface area (Å²) in [6, 6.07) is 12.3. The first kappa shape index (κ1) is 14.2. The first-order valence-corrected chi connectivity index (χ1v) is 6.46. The lowest BCUT2D eigenvalue weighted by atomic mass is 9.96. The number of nitro groups is 1. The highest BCUT2D eigenvalue weighted by Crippen LogP contribution is 2.23. The Hall–Kier alpha value is -2.20. The van der Waals surface area contributed by atoms with E-state index in [0.29, 0.717) is 6.42 Å².